The number of hydrogen-bond acceptors (Lipinski definition) is 4. The third kappa shape index (κ3) is 2.28. The summed E-state index contributed by atoms with van der Waals surface area (Å²) in [5.74, 6) is -0.171. The molecule has 0 spiro atoms. The molecule has 1 heterocycles. The van der Waals surface area contributed by atoms with E-state index in [1.54, 1.807) is 6.07 Å². The molecule has 1 aromatic heterocycles. The van der Waals surface area contributed by atoms with Crippen molar-refractivity contribution in [2.24, 2.45) is 5.73 Å². The topological polar surface area (TPSA) is 80.9 Å². The van der Waals surface area contributed by atoms with E-state index in [-0.39, 0.29) is 5.91 Å². The summed E-state index contributed by atoms with van der Waals surface area (Å²) in [7, 11) is 0. The lowest BCUT2D eigenvalue weighted by Crippen LogP contribution is -2.29. The summed E-state index contributed by atoms with van der Waals surface area (Å²) >= 11 is 0. The molecule has 64 valence electrons. The highest BCUT2D eigenvalue weighted by Crippen LogP contribution is 1.91. The number of aromatic nitrogens is 2. The average Bonchev–Trinajstić information content (AvgIpc) is 2.15. The predicted octanol–water partition coefficient (Wildman–Crippen LogP) is -0.835. The summed E-state index contributed by atoms with van der Waals surface area (Å²) in [5.41, 5.74) is 5.71. The number of rotatable bonds is 3. The minimum atomic E-state index is -0.171. The summed E-state index contributed by atoms with van der Waals surface area (Å²) in [6, 6.07) is 1.60. The monoisotopic (exact) mass is 166 g/mol. The second-order valence-corrected chi connectivity index (χ2v) is 2.18. The summed E-state index contributed by atoms with van der Waals surface area (Å²) < 4.78 is 0. The van der Waals surface area contributed by atoms with Gasteiger partial charge in [-0.15, -0.1) is 0 Å². The van der Waals surface area contributed by atoms with Gasteiger partial charge in [-0.3, -0.25) is 4.79 Å². The van der Waals surface area contributed by atoms with Gasteiger partial charge >= 0.3 is 0 Å². The van der Waals surface area contributed by atoms with Gasteiger partial charge in [0.2, 0.25) is 0 Å². The van der Waals surface area contributed by atoms with E-state index < -0.39 is 0 Å². The summed E-state index contributed by atoms with van der Waals surface area (Å²) in [6.45, 7) is 0.908. The van der Waals surface area contributed by atoms with Crippen molar-refractivity contribution in [2.45, 2.75) is 0 Å². The smallest absolute Gasteiger partial charge is 0.253 e. The molecule has 5 heteroatoms. The van der Waals surface area contributed by atoms with Crippen molar-refractivity contribution in [3.8, 4) is 0 Å². The minimum absolute atomic E-state index is 0.171. The zero-order chi connectivity index (χ0) is 8.81. The highest BCUT2D eigenvalue weighted by atomic mass is 16.1. The standard InChI is InChI=1S/C7H10N4O/c8-2-4-9-7(12)6-1-3-10-11-5-6/h1,3,5H,2,4,8H2,(H,9,12). The first-order valence-corrected chi connectivity index (χ1v) is 3.59. The molecule has 0 aliphatic rings. The van der Waals surface area contributed by atoms with Gasteiger partial charge in [0.25, 0.3) is 5.91 Å². The Balaban J connectivity index is 2.54. The van der Waals surface area contributed by atoms with E-state index in [9.17, 15) is 4.79 Å². The fourth-order valence-electron chi connectivity index (χ4n) is 0.713. The summed E-state index contributed by atoms with van der Waals surface area (Å²) in [5, 5.41) is 9.74. The highest BCUT2D eigenvalue weighted by Gasteiger charge is 2.02. The normalized spacial score (nSPS) is 9.42. The molecular weight excluding hydrogens is 156 g/mol. The Morgan fingerprint density at radius 1 is 1.58 bits per heavy atom. The van der Waals surface area contributed by atoms with Crippen molar-refractivity contribution >= 4 is 5.91 Å². The molecule has 0 unspecified atom stereocenters. The van der Waals surface area contributed by atoms with Crippen LogP contribution in [0.3, 0.4) is 0 Å². The Bertz CT molecular complexity index is 249. The summed E-state index contributed by atoms with van der Waals surface area (Å²) in [4.78, 5) is 11.2. The predicted molar refractivity (Wildman–Crippen MR) is 43.4 cm³/mol. The van der Waals surface area contributed by atoms with Crippen molar-refractivity contribution in [3.05, 3.63) is 24.0 Å². The van der Waals surface area contributed by atoms with Crippen molar-refractivity contribution < 1.29 is 4.79 Å². The van der Waals surface area contributed by atoms with Gasteiger partial charge < -0.3 is 11.1 Å². The van der Waals surface area contributed by atoms with Gasteiger partial charge in [-0.05, 0) is 6.07 Å². The minimum Gasteiger partial charge on any atom is -0.351 e. The number of nitrogens with zero attached hydrogens (tertiary/aromatic N) is 2. The summed E-state index contributed by atoms with van der Waals surface area (Å²) in [6.07, 6.45) is 2.88. The van der Waals surface area contributed by atoms with Crippen LogP contribution in [0.15, 0.2) is 18.5 Å². The van der Waals surface area contributed by atoms with Crippen molar-refractivity contribution in [1.82, 2.24) is 15.5 Å². The molecule has 3 N–H and O–H groups in total. The lowest BCUT2D eigenvalue weighted by atomic mass is 10.3. The quantitative estimate of drug-likeness (QED) is 0.613. The largest absolute Gasteiger partial charge is 0.351 e. The molecule has 0 aliphatic heterocycles. The third-order valence-electron chi connectivity index (χ3n) is 1.28. The van der Waals surface area contributed by atoms with E-state index in [0.717, 1.165) is 0 Å². The van der Waals surface area contributed by atoms with E-state index >= 15 is 0 Å². The van der Waals surface area contributed by atoms with Gasteiger partial charge in [0.05, 0.1) is 18.0 Å². The van der Waals surface area contributed by atoms with Gasteiger partial charge in [-0.2, -0.15) is 10.2 Å². The molecule has 0 radical (unpaired) electrons. The molecule has 1 aromatic rings. The Labute approximate surface area is 70.0 Å². The number of amides is 1. The van der Waals surface area contributed by atoms with E-state index in [2.05, 4.69) is 15.5 Å². The second kappa shape index (κ2) is 4.40. The van der Waals surface area contributed by atoms with Crippen LogP contribution in [0, 0.1) is 0 Å². The first kappa shape index (κ1) is 8.61. The number of hydrogen-bond donors (Lipinski definition) is 2. The zero-order valence-corrected chi connectivity index (χ0v) is 6.53. The molecule has 1 amide bonds. The highest BCUT2D eigenvalue weighted by molar-refractivity contribution is 5.93. The van der Waals surface area contributed by atoms with E-state index in [4.69, 9.17) is 5.73 Å². The third-order valence-corrected chi connectivity index (χ3v) is 1.28. The van der Waals surface area contributed by atoms with Crippen LogP contribution in [0.4, 0.5) is 0 Å². The molecule has 0 fully saturated rings. The lowest BCUT2D eigenvalue weighted by Gasteiger charge is -2.00. The molecular formula is C7H10N4O. The van der Waals surface area contributed by atoms with E-state index in [0.29, 0.717) is 18.7 Å². The van der Waals surface area contributed by atoms with Crippen molar-refractivity contribution in [1.29, 1.82) is 0 Å². The maximum absolute atomic E-state index is 11.2. The van der Waals surface area contributed by atoms with E-state index in [1.807, 2.05) is 0 Å². The molecule has 0 saturated heterocycles. The molecule has 0 saturated carbocycles. The fourth-order valence-corrected chi connectivity index (χ4v) is 0.713. The second-order valence-electron chi connectivity index (χ2n) is 2.18. The van der Waals surface area contributed by atoms with Crippen LogP contribution in [0.5, 0.6) is 0 Å². The van der Waals surface area contributed by atoms with Crippen LogP contribution < -0.4 is 11.1 Å². The number of nitrogens with two attached hydrogens (primary N) is 1. The average molecular weight is 166 g/mol. The molecule has 0 atom stereocenters. The van der Waals surface area contributed by atoms with Gasteiger partial charge in [-0.25, -0.2) is 0 Å². The van der Waals surface area contributed by atoms with Gasteiger partial charge in [0.1, 0.15) is 0 Å². The van der Waals surface area contributed by atoms with Gasteiger partial charge in [-0.1, -0.05) is 0 Å². The van der Waals surface area contributed by atoms with Crippen LogP contribution in [0.2, 0.25) is 0 Å². The van der Waals surface area contributed by atoms with Gasteiger partial charge in [0, 0.05) is 13.1 Å². The Hall–Kier alpha value is -1.49. The number of carbonyl (C=O) groups is 1. The van der Waals surface area contributed by atoms with Crippen LogP contribution in [0.1, 0.15) is 10.4 Å². The maximum atomic E-state index is 11.2. The van der Waals surface area contributed by atoms with Crippen LogP contribution >= 0.6 is 0 Å². The molecule has 0 aromatic carbocycles. The van der Waals surface area contributed by atoms with Gasteiger partial charge in [0.15, 0.2) is 0 Å². The first-order valence-electron chi connectivity index (χ1n) is 3.59. The van der Waals surface area contributed by atoms with Crippen LogP contribution in [-0.4, -0.2) is 29.2 Å². The molecule has 12 heavy (non-hydrogen) atoms. The molecule has 0 bridgehead atoms. The Kier molecular flexibility index (Phi) is 3.16. The molecule has 5 nitrogen and oxygen atoms in total. The van der Waals surface area contributed by atoms with Crippen molar-refractivity contribution in [3.63, 3.8) is 0 Å². The molecule has 1 rings (SSSR count). The lowest BCUT2D eigenvalue weighted by molar-refractivity contribution is 0.0954. The van der Waals surface area contributed by atoms with Crippen molar-refractivity contribution in [2.75, 3.05) is 13.1 Å². The maximum Gasteiger partial charge on any atom is 0.253 e. The number of nitrogens with one attached hydrogen (secondary N) is 1. The number of carbonyl (C=O) groups excluding carboxylic acids is 1. The Morgan fingerprint density at radius 3 is 3.00 bits per heavy atom. The SMILES string of the molecule is NCCNC(=O)c1ccnnc1. The van der Waals surface area contributed by atoms with Crippen LogP contribution in [0.25, 0.3) is 0 Å². The van der Waals surface area contributed by atoms with E-state index in [1.165, 1.54) is 12.4 Å². The van der Waals surface area contributed by atoms with Crippen LogP contribution in [-0.2, 0) is 0 Å². The Morgan fingerprint density at radius 2 is 2.42 bits per heavy atom. The molecule has 0 aliphatic carbocycles. The fraction of sp³-hybridized carbons (Fsp3) is 0.286. The first-order chi connectivity index (χ1) is 5.84. The zero-order valence-electron chi connectivity index (χ0n) is 6.53.